The molecule has 96 valence electrons. The van der Waals surface area contributed by atoms with Crippen molar-refractivity contribution in [3.05, 3.63) is 41.4 Å². The Morgan fingerprint density at radius 1 is 1.16 bits per heavy atom. The van der Waals surface area contributed by atoms with Crippen molar-refractivity contribution in [2.24, 2.45) is 0 Å². The number of nitrogens with zero attached hydrogens (tertiary/aromatic N) is 4. The fourth-order valence-electron chi connectivity index (χ4n) is 1.91. The van der Waals surface area contributed by atoms with Gasteiger partial charge in [0.05, 0.1) is 12.9 Å². The number of fused-ring (bicyclic) bond motifs is 1. The van der Waals surface area contributed by atoms with Gasteiger partial charge in [-0.1, -0.05) is 11.6 Å². The lowest BCUT2D eigenvalue weighted by atomic mass is 10.2. The SMILES string of the molecule is Nc1ccc(Cl)cc1Cn1cnc2c(N)ncnc21. The van der Waals surface area contributed by atoms with Crippen molar-refractivity contribution in [2.45, 2.75) is 6.54 Å². The molecule has 0 aliphatic rings. The highest BCUT2D eigenvalue weighted by atomic mass is 35.5. The average Bonchev–Trinajstić information content (AvgIpc) is 2.79. The molecule has 3 aromatic rings. The predicted molar refractivity (Wildman–Crippen MR) is 74.7 cm³/mol. The van der Waals surface area contributed by atoms with Gasteiger partial charge in [-0.05, 0) is 23.8 Å². The van der Waals surface area contributed by atoms with Gasteiger partial charge in [-0.15, -0.1) is 0 Å². The van der Waals surface area contributed by atoms with Gasteiger partial charge >= 0.3 is 0 Å². The van der Waals surface area contributed by atoms with Crippen molar-refractivity contribution in [1.82, 2.24) is 19.5 Å². The van der Waals surface area contributed by atoms with Crippen LogP contribution in [0.5, 0.6) is 0 Å². The molecular weight excluding hydrogens is 264 g/mol. The summed E-state index contributed by atoms with van der Waals surface area (Å²) in [4.78, 5) is 12.3. The number of aromatic nitrogens is 4. The standard InChI is InChI=1S/C12H11ClN6/c13-8-1-2-9(14)7(3-8)4-19-6-18-10-11(15)16-5-17-12(10)19/h1-3,5-6H,4,14H2,(H2,15,16,17). The Labute approximate surface area is 114 Å². The fraction of sp³-hybridized carbons (Fsp3) is 0.0833. The molecular formula is C12H11ClN6. The molecule has 0 atom stereocenters. The zero-order chi connectivity index (χ0) is 13.4. The minimum atomic E-state index is 0.364. The molecule has 0 saturated carbocycles. The second-order valence-electron chi connectivity index (χ2n) is 4.15. The third-order valence-corrected chi connectivity index (χ3v) is 3.11. The molecule has 4 N–H and O–H groups in total. The molecule has 1 aromatic carbocycles. The van der Waals surface area contributed by atoms with Crippen molar-refractivity contribution in [1.29, 1.82) is 0 Å². The summed E-state index contributed by atoms with van der Waals surface area (Å²) in [7, 11) is 0. The van der Waals surface area contributed by atoms with E-state index in [1.807, 2.05) is 10.6 Å². The zero-order valence-electron chi connectivity index (χ0n) is 9.92. The Balaban J connectivity index is 2.06. The van der Waals surface area contributed by atoms with Crippen LogP contribution in [0.2, 0.25) is 5.02 Å². The van der Waals surface area contributed by atoms with Gasteiger partial charge in [0.1, 0.15) is 11.8 Å². The van der Waals surface area contributed by atoms with E-state index in [0.717, 1.165) is 5.56 Å². The normalized spacial score (nSPS) is 11.0. The second-order valence-corrected chi connectivity index (χ2v) is 4.58. The lowest BCUT2D eigenvalue weighted by molar-refractivity contribution is 0.815. The van der Waals surface area contributed by atoms with Crippen LogP contribution in [0.15, 0.2) is 30.9 Å². The summed E-state index contributed by atoms with van der Waals surface area (Å²) in [5.41, 5.74) is 14.5. The molecule has 0 amide bonds. The van der Waals surface area contributed by atoms with Gasteiger partial charge < -0.3 is 16.0 Å². The van der Waals surface area contributed by atoms with Crippen molar-refractivity contribution >= 4 is 34.3 Å². The van der Waals surface area contributed by atoms with Crippen LogP contribution < -0.4 is 11.5 Å². The first-order valence-electron chi connectivity index (χ1n) is 5.60. The number of benzene rings is 1. The minimum Gasteiger partial charge on any atom is -0.398 e. The van der Waals surface area contributed by atoms with Crippen LogP contribution in [-0.2, 0) is 6.54 Å². The zero-order valence-corrected chi connectivity index (χ0v) is 10.7. The quantitative estimate of drug-likeness (QED) is 0.693. The maximum Gasteiger partial charge on any atom is 0.165 e. The Kier molecular flexibility index (Phi) is 2.72. The Morgan fingerprint density at radius 3 is 2.84 bits per heavy atom. The summed E-state index contributed by atoms with van der Waals surface area (Å²) < 4.78 is 1.86. The number of imidazole rings is 1. The first kappa shape index (κ1) is 11.7. The molecule has 2 aromatic heterocycles. The number of nitrogens with two attached hydrogens (primary N) is 2. The van der Waals surface area contributed by atoms with Crippen molar-refractivity contribution in [2.75, 3.05) is 11.5 Å². The highest BCUT2D eigenvalue weighted by molar-refractivity contribution is 6.30. The highest BCUT2D eigenvalue weighted by Gasteiger charge is 2.09. The van der Waals surface area contributed by atoms with Crippen molar-refractivity contribution in [3.8, 4) is 0 Å². The Morgan fingerprint density at radius 2 is 2.00 bits per heavy atom. The molecule has 7 heteroatoms. The summed E-state index contributed by atoms with van der Waals surface area (Å²) in [5.74, 6) is 0.364. The fourth-order valence-corrected chi connectivity index (χ4v) is 2.10. The topological polar surface area (TPSA) is 95.6 Å². The van der Waals surface area contributed by atoms with E-state index in [0.29, 0.717) is 34.2 Å². The largest absolute Gasteiger partial charge is 0.398 e. The monoisotopic (exact) mass is 274 g/mol. The van der Waals surface area contributed by atoms with E-state index in [-0.39, 0.29) is 0 Å². The van der Waals surface area contributed by atoms with E-state index >= 15 is 0 Å². The summed E-state index contributed by atoms with van der Waals surface area (Å²) in [6, 6.07) is 5.36. The van der Waals surface area contributed by atoms with E-state index in [9.17, 15) is 0 Å². The van der Waals surface area contributed by atoms with Crippen LogP contribution in [-0.4, -0.2) is 19.5 Å². The van der Waals surface area contributed by atoms with Crippen LogP contribution in [0.1, 0.15) is 5.56 Å². The molecule has 6 nitrogen and oxygen atoms in total. The molecule has 0 bridgehead atoms. The molecule has 3 rings (SSSR count). The lowest BCUT2D eigenvalue weighted by Crippen LogP contribution is -2.03. The van der Waals surface area contributed by atoms with Crippen molar-refractivity contribution in [3.63, 3.8) is 0 Å². The van der Waals surface area contributed by atoms with E-state index in [2.05, 4.69) is 15.0 Å². The van der Waals surface area contributed by atoms with Crippen LogP contribution in [0, 0.1) is 0 Å². The molecule has 0 fully saturated rings. The molecule has 2 heterocycles. The van der Waals surface area contributed by atoms with E-state index in [4.69, 9.17) is 23.1 Å². The number of rotatable bonds is 2. The summed E-state index contributed by atoms with van der Waals surface area (Å²) >= 11 is 5.97. The van der Waals surface area contributed by atoms with Crippen LogP contribution >= 0.6 is 11.6 Å². The van der Waals surface area contributed by atoms with E-state index in [1.165, 1.54) is 6.33 Å². The Bertz CT molecular complexity index is 751. The minimum absolute atomic E-state index is 0.364. The molecule has 0 aliphatic carbocycles. The van der Waals surface area contributed by atoms with Crippen LogP contribution in [0.3, 0.4) is 0 Å². The van der Waals surface area contributed by atoms with Crippen molar-refractivity contribution < 1.29 is 0 Å². The van der Waals surface area contributed by atoms with Gasteiger partial charge in [-0.25, -0.2) is 15.0 Å². The number of anilines is 2. The van der Waals surface area contributed by atoms with Gasteiger partial charge in [0.15, 0.2) is 11.5 Å². The first-order valence-corrected chi connectivity index (χ1v) is 5.98. The molecule has 0 unspecified atom stereocenters. The second kappa shape index (κ2) is 4.40. The number of hydrogen-bond acceptors (Lipinski definition) is 5. The van der Waals surface area contributed by atoms with E-state index in [1.54, 1.807) is 18.5 Å². The summed E-state index contributed by atoms with van der Waals surface area (Å²) in [6.07, 6.45) is 3.08. The lowest BCUT2D eigenvalue weighted by Gasteiger charge is -2.07. The third-order valence-electron chi connectivity index (χ3n) is 2.88. The number of nitrogen functional groups attached to an aromatic ring is 2. The predicted octanol–water partition coefficient (Wildman–Crippen LogP) is 1.69. The van der Waals surface area contributed by atoms with Crippen LogP contribution in [0.4, 0.5) is 11.5 Å². The van der Waals surface area contributed by atoms with E-state index < -0.39 is 0 Å². The van der Waals surface area contributed by atoms with Gasteiger partial charge in [-0.3, -0.25) is 0 Å². The molecule has 0 saturated heterocycles. The molecule has 0 aliphatic heterocycles. The smallest absolute Gasteiger partial charge is 0.165 e. The third kappa shape index (κ3) is 2.06. The molecule has 0 spiro atoms. The van der Waals surface area contributed by atoms with Gasteiger partial charge in [0.25, 0.3) is 0 Å². The number of halogens is 1. The maximum atomic E-state index is 5.97. The highest BCUT2D eigenvalue weighted by Crippen LogP contribution is 2.21. The average molecular weight is 275 g/mol. The molecule has 19 heavy (non-hydrogen) atoms. The first-order chi connectivity index (χ1) is 9.15. The summed E-state index contributed by atoms with van der Waals surface area (Å²) in [5, 5.41) is 0.641. The van der Waals surface area contributed by atoms with Gasteiger partial charge in [-0.2, -0.15) is 0 Å². The van der Waals surface area contributed by atoms with Crippen LogP contribution in [0.25, 0.3) is 11.2 Å². The maximum absolute atomic E-state index is 5.97. The molecule has 0 radical (unpaired) electrons. The Hall–Kier alpha value is -2.34. The van der Waals surface area contributed by atoms with Gasteiger partial charge in [0.2, 0.25) is 0 Å². The van der Waals surface area contributed by atoms with Gasteiger partial charge in [0, 0.05) is 10.7 Å². The number of hydrogen-bond donors (Lipinski definition) is 2. The summed E-state index contributed by atoms with van der Waals surface area (Å²) in [6.45, 7) is 0.527.